The van der Waals surface area contributed by atoms with Crippen molar-refractivity contribution in [2.75, 3.05) is 0 Å². The third-order valence-electron chi connectivity index (χ3n) is 3.70. The second-order valence-electron chi connectivity index (χ2n) is 5.11. The minimum absolute atomic E-state index is 0.385. The van der Waals surface area contributed by atoms with Crippen LogP contribution in [0.1, 0.15) is 43.5 Å². The summed E-state index contributed by atoms with van der Waals surface area (Å²) in [4.78, 5) is 4.51. The Kier molecular flexibility index (Phi) is 2.95. The highest BCUT2D eigenvalue weighted by Gasteiger charge is 2.34. The Balaban J connectivity index is 1.92. The van der Waals surface area contributed by atoms with Gasteiger partial charge in [-0.25, -0.2) is 0 Å². The van der Waals surface area contributed by atoms with Gasteiger partial charge in [0.1, 0.15) is 0 Å². The van der Waals surface area contributed by atoms with E-state index < -0.39 is 0 Å². The van der Waals surface area contributed by atoms with Gasteiger partial charge in [-0.2, -0.15) is 16.3 Å². The summed E-state index contributed by atoms with van der Waals surface area (Å²) < 4.78 is 5.37. The maximum atomic E-state index is 6.40. The molecule has 96 valence electrons. The van der Waals surface area contributed by atoms with Crippen molar-refractivity contribution in [1.82, 2.24) is 10.1 Å². The lowest BCUT2D eigenvalue weighted by Gasteiger charge is -2.29. The summed E-state index contributed by atoms with van der Waals surface area (Å²) in [5.41, 5.74) is 8.22. The Bertz CT molecular complexity index is 540. The van der Waals surface area contributed by atoms with Gasteiger partial charge < -0.3 is 10.3 Å². The molecule has 0 radical (unpaired) electrons. The molecule has 18 heavy (non-hydrogen) atoms. The average molecular weight is 263 g/mol. The lowest BCUT2D eigenvalue weighted by Crippen LogP contribution is -2.39. The fourth-order valence-corrected chi connectivity index (χ4v) is 3.34. The van der Waals surface area contributed by atoms with Crippen LogP contribution in [-0.4, -0.2) is 10.1 Å². The first-order chi connectivity index (χ1) is 8.69. The van der Waals surface area contributed by atoms with Crippen LogP contribution >= 0.6 is 11.3 Å². The molecule has 0 amide bonds. The monoisotopic (exact) mass is 263 g/mol. The smallest absolute Gasteiger partial charge is 0.259 e. The van der Waals surface area contributed by atoms with Gasteiger partial charge in [0, 0.05) is 5.38 Å². The zero-order valence-electron chi connectivity index (χ0n) is 10.5. The molecule has 1 aliphatic rings. The van der Waals surface area contributed by atoms with Crippen molar-refractivity contribution in [3.8, 4) is 11.5 Å². The second-order valence-corrected chi connectivity index (χ2v) is 5.85. The molecule has 0 aliphatic heterocycles. The Morgan fingerprint density at radius 1 is 1.28 bits per heavy atom. The molecule has 2 N–H and O–H groups in total. The lowest BCUT2D eigenvalue weighted by atomic mass is 9.82. The van der Waals surface area contributed by atoms with E-state index in [0.29, 0.717) is 11.7 Å². The molecule has 0 atom stereocenters. The van der Waals surface area contributed by atoms with Crippen molar-refractivity contribution in [2.45, 2.75) is 44.6 Å². The van der Waals surface area contributed by atoms with Crippen molar-refractivity contribution in [2.24, 2.45) is 5.73 Å². The topological polar surface area (TPSA) is 64.9 Å². The summed E-state index contributed by atoms with van der Waals surface area (Å²) in [7, 11) is 0. The second kappa shape index (κ2) is 4.48. The maximum absolute atomic E-state index is 6.40. The fraction of sp³-hybridized carbons (Fsp3) is 0.538. The highest BCUT2D eigenvalue weighted by atomic mass is 32.1. The SMILES string of the molecule is Cc1cscc1-c1nc(C2(N)CCCCC2)no1. The van der Waals surface area contributed by atoms with Crippen LogP contribution < -0.4 is 5.73 Å². The lowest BCUT2D eigenvalue weighted by molar-refractivity contribution is 0.275. The molecular formula is C13H17N3OS. The molecule has 0 aromatic carbocycles. The van der Waals surface area contributed by atoms with Gasteiger partial charge in [0.05, 0.1) is 11.1 Å². The third-order valence-corrected chi connectivity index (χ3v) is 4.56. The summed E-state index contributed by atoms with van der Waals surface area (Å²) in [6.45, 7) is 2.05. The molecule has 4 nitrogen and oxygen atoms in total. The largest absolute Gasteiger partial charge is 0.334 e. The molecule has 2 heterocycles. The van der Waals surface area contributed by atoms with Crippen LogP contribution in [0.15, 0.2) is 15.3 Å². The Morgan fingerprint density at radius 2 is 2.06 bits per heavy atom. The zero-order chi connectivity index (χ0) is 12.6. The molecule has 1 saturated carbocycles. The van der Waals surface area contributed by atoms with Crippen molar-refractivity contribution >= 4 is 11.3 Å². The van der Waals surface area contributed by atoms with E-state index in [0.717, 1.165) is 31.2 Å². The van der Waals surface area contributed by atoms with E-state index in [2.05, 4.69) is 22.4 Å². The van der Waals surface area contributed by atoms with Gasteiger partial charge in [0.15, 0.2) is 5.82 Å². The van der Waals surface area contributed by atoms with Gasteiger partial charge in [-0.3, -0.25) is 0 Å². The van der Waals surface area contributed by atoms with E-state index in [1.807, 2.05) is 5.38 Å². The molecule has 0 bridgehead atoms. The zero-order valence-corrected chi connectivity index (χ0v) is 11.3. The molecule has 3 rings (SSSR count). The van der Waals surface area contributed by atoms with Crippen LogP contribution in [0.25, 0.3) is 11.5 Å². The van der Waals surface area contributed by atoms with Crippen molar-refractivity contribution in [1.29, 1.82) is 0 Å². The van der Waals surface area contributed by atoms with Gasteiger partial charge in [0.2, 0.25) is 0 Å². The molecule has 5 heteroatoms. The molecule has 1 aliphatic carbocycles. The Labute approximate surface area is 110 Å². The minimum Gasteiger partial charge on any atom is -0.334 e. The molecule has 2 aromatic heterocycles. The summed E-state index contributed by atoms with van der Waals surface area (Å²) in [6, 6.07) is 0. The van der Waals surface area contributed by atoms with Crippen molar-refractivity contribution in [3.05, 3.63) is 22.1 Å². The van der Waals surface area contributed by atoms with E-state index >= 15 is 0 Å². The predicted molar refractivity (Wildman–Crippen MR) is 71.3 cm³/mol. The Hall–Kier alpha value is -1.20. The Morgan fingerprint density at radius 3 is 2.72 bits per heavy atom. The van der Waals surface area contributed by atoms with Crippen molar-refractivity contribution < 1.29 is 4.52 Å². The molecule has 0 spiro atoms. The normalized spacial score (nSPS) is 19.0. The van der Waals surface area contributed by atoms with Crippen LogP contribution in [-0.2, 0) is 5.54 Å². The van der Waals surface area contributed by atoms with Crippen LogP contribution in [0.2, 0.25) is 0 Å². The van der Waals surface area contributed by atoms with Crippen LogP contribution in [0.5, 0.6) is 0 Å². The van der Waals surface area contributed by atoms with Gasteiger partial charge in [-0.1, -0.05) is 24.4 Å². The molecular weight excluding hydrogens is 246 g/mol. The van der Waals surface area contributed by atoms with Crippen LogP contribution in [0, 0.1) is 6.92 Å². The summed E-state index contributed by atoms with van der Waals surface area (Å²) in [6.07, 6.45) is 5.46. The summed E-state index contributed by atoms with van der Waals surface area (Å²) >= 11 is 1.65. The summed E-state index contributed by atoms with van der Waals surface area (Å²) in [5, 5.41) is 8.22. The molecule has 2 aromatic rings. The van der Waals surface area contributed by atoms with Gasteiger partial charge >= 0.3 is 0 Å². The number of nitrogens with zero attached hydrogens (tertiary/aromatic N) is 2. The first-order valence-electron chi connectivity index (χ1n) is 6.35. The van der Waals surface area contributed by atoms with E-state index in [-0.39, 0.29) is 5.54 Å². The first-order valence-corrected chi connectivity index (χ1v) is 7.29. The quantitative estimate of drug-likeness (QED) is 0.903. The van der Waals surface area contributed by atoms with E-state index in [1.165, 1.54) is 12.0 Å². The number of hydrogen-bond acceptors (Lipinski definition) is 5. The number of rotatable bonds is 2. The van der Waals surface area contributed by atoms with Crippen LogP contribution in [0.4, 0.5) is 0 Å². The number of aryl methyl sites for hydroxylation is 1. The first kappa shape index (κ1) is 11.9. The highest BCUT2D eigenvalue weighted by Crippen LogP contribution is 2.34. The third kappa shape index (κ3) is 1.97. The van der Waals surface area contributed by atoms with E-state index in [4.69, 9.17) is 10.3 Å². The number of aromatic nitrogens is 2. The van der Waals surface area contributed by atoms with Gasteiger partial charge in [0.25, 0.3) is 5.89 Å². The van der Waals surface area contributed by atoms with Gasteiger partial charge in [-0.05, 0) is 30.7 Å². The number of nitrogens with two attached hydrogens (primary N) is 1. The van der Waals surface area contributed by atoms with E-state index in [9.17, 15) is 0 Å². The van der Waals surface area contributed by atoms with Gasteiger partial charge in [-0.15, -0.1) is 0 Å². The minimum atomic E-state index is -0.385. The number of thiophene rings is 1. The number of hydrogen-bond donors (Lipinski definition) is 1. The fourth-order valence-electron chi connectivity index (χ4n) is 2.52. The highest BCUT2D eigenvalue weighted by molar-refractivity contribution is 7.08. The predicted octanol–water partition coefficient (Wildman–Crippen LogP) is 3.22. The molecule has 0 saturated heterocycles. The standard InChI is InChI=1S/C13H17N3OS/c1-9-7-18-8-10(9)11-15-12(16-17-11)13(14)5-3-2-4-6-13/h7-8H,2-6,14H2,1H3. The molecule has 1 fully saturated rings. The maximum Gasteiger partial charge on any atom is 0.259 e. The average Bonchev–Trinajstić information content (AvgIpc) is 2.98. The summed E-state index contributed by atoms with van der Waals surface area (Å²) in [5.74, 6) is 1.27. The van der Waals surface area contributed by atoms with Crippen LogP contribution in [0.3, 0.4) is 0 Å². The van der Waals surface area contributed by atoms with Crippen molar-refractivity contribution in [3.63, 3.8) is 0 Å². The van der Waals surface area contributed by atoms with E-state index in [1.54, 1.807) is 11.3 Å². The molecule has 0 unspecified atom stereocenters.